The number of rotatable bonds is 2. The molecule has 0 aromatic carbocycles. The fraction of sp³-hybridized carbons (Fsp3) is 0.571. The maximum atomic E-state index is 10.8. The topological polar surface area (TPSA) is 50.4 Å². The summed E-state index contributed by atoms with van der Waals surface area (Å²) in [5.41, 5.74) is 0. The lowest BCUT2D eigenvalue weighted by Gasteiger charge is -2.20. The molecular formula is C7H12N2O2. The molecule has 0 aliphatic carbocycles. The minimum atomic E-state index is -0.215. The number of ether oxygens (including phenoxy) is 1. The fourth-order valence-electron chi connectivity index (χ4n) is 0.766. The molecule has 0 saturated heterocycles. The summed E-state index contributed by atoms with van der Waals surface area (Å²) in [6, 6.07) is 0. The minimum Gasteiger partial charge on any atom is -0.440 e. The molecule has 1 unspecified atom stereocenters. The molecular weight excluding hydrogens is 144 g/mol. The molecule has 4 nitrogen and oxygen atoms in total. The normalized spacial score (nSPS) is 21.7. The first-order chi connectivity index (χ1) is 5.33. The standard InChI is InChI=1S/C7H12N2O2/c1-2-7(10)11-6-5-8-3-4-9-6/h3-4,6,8-9H,2,5H2,1H3. The van der Waals surface area contributed by atoms with Gasteiger partial charge in [-0.2, -0.15) is 0 Å². The second-order valence-electron chi connectivity index (χ2n) is 2.24. The summed E-state index contributed by atoms with van der Waals surface area (Å²) < 4.78 is 4.98. The molecule has 0 fully saturated rings. The lowest BCUT2D eigenvalue weighted by Crippen LogP contribution is -2.41. The van der Waals surface area contributed by atoms with E-state index in [1.807, 2.05) is 0 Å². The molecule has 0 aromatic heterocycles. The molecule has 0 spiro atoms. The molecule has 1 aliphatic rings. The van der Waals surface area contributed by atoms with Crippen molar-refractivity contribution < 1.29 is 9.53 Å². The van der Waals surface area contributed by atoms with Gasteiger partial charge in [-0.15, -0.1) is 0 Å². The Kier molecular flexibility index (Phi) is 2.77. The number of hydrogen-bond donors (Lipinski definition) is 2. The van der Waals surface area contributed by atoms with Gasteiger partial charge in [0.25, 0.3) is 0 Å². The first kappa shape index (κ1) is 7.91. The van der Waals surface area contributed by atoms with Crippen LogP contribution in [0.1, 0.15) is 13.3 Å². The van der Waals surface area contributed by atoms with E-state index in [1.165, 1.54) is 0 Å². The van der Waals surface area contributed by atoms with Crippen LogP contribution in [-0.4, -0.2) is 18.7 Å². The monoisotopic (exact) mass is 156 g/mol. The molecule has 1 rings (SSSR count). The lowest BCUT2D eigenvalue weighted by atomic mass is 10.4. The van der Waals surface area contributed by atoms with E-state index in [0.717, 1.165) is 0 Å². The van der Waals surface area contributed by atoms with Crippen LogP contribution in [0, 0.1) is 0 Å². The van der Waals surface area contributed by atoms with Gasteiger partial charge >= 0.3 is 5.97 Å². The predicted octanol–water partition coefficient (Wildman–Crippen LogP) is -0.0703. The summed E-state index contributed by atoms with van der Waals surface area (Å²) in [6.07, 6.45) is 3.70. The van der Waals surface area contributed by atoms with Crippen molar-refractivity contribution in [3.05, 3.63) is 12.4 Å². The van der Waals surface area contributed by atoms with Crippen molar-refractivity contribution in [2.24, 2.45) is 0 Å². The summed E-state index contributed by atoms with van der Waals surface area (Å²) >= 11 is 0. The number of hydrogen-bond acceptors (Lipinski definition) is 4. The van der Waals surface area contributed by atoms with Gasteiger partial charge in [0.15, 0.2) is 6.23 Å². The number of carbonyl (C=O) groups is 1. The van der Waals surface area contributed by atoms with Gasteiger partial charge < -0.3 is 15.4 Å². The van der Waals surface area contributed by atoms with Crippen molar-refractivity contribution in [1.82, 2.24) is 10.6 Å². The van der Waals surface area contributed by atoms with E-state index in [2.05, 4.69) is 10.6 Å². The Morgan fingerprint density at radius 2 is 2.55 bits per heavy atom. The van der Waals surface area contributed by atoms with Gasteiger partial charge in [0.1, 0.15) is 0 Å². The molecule has 0 saturated carbocycles. The summed E-state index contributed by atoms with van der Waals surface area (Å²) in [7, 11) is 0. The maximum absolute atomic E-state index is 10.8. The largest absolute Gasteiger partial charge is 0.440 e. The Morgan fingerprint density at radius 1 is 1.73 bits per heavy atom. The van der Waals surface area contributed by atoms with E-state index >= 15 is 0 Å². The fourth-order valence-corrected chi connectivity index (χ4v) is 0.766. The van der Waals surface area contributed by atoms with Crippen LogP contribution < -0.4 is 10.6 Å². The van der Waals surface area contributed by atoms with E-state index in [9.17, 15) is 4.79 Å². The highest BCUT2D eigenvalue weighted by molar-refractivity contribution is 5.69. The predicted molar refractivity (Wildman–Crippen MR) is 40.4 cm³/mol. The van der Waals surface area contributed by atoms with Gasteiger partial charge in [-0.1, -0.05) is 6.92 Å². The third kappa shape index (κ3) is 2.49. The van der Waals surface area contributed by atoms with Crippen molar-refractivity contribution in [3.8, 4) is 0 Å². The van der Waals surface area contributed by atoms with Gasteiger partial charge in [0.05, 0.1) is 6.54 Å². The Hall–Kier alpha value is -1.19. The molecule has 0 amide bonds. The van der Waals surface area contributed by atoms with Crippen molar-refractivity contribution in [1.29, 1.82) is 0 Å². The van der Waals surface area contributed by atoms with E-state index in [0.29, 0.717) is 13.0 Å². The van der Waals surface area contributed by atoms with E-state index in [-0.39, 0.29) is 12.2 Å². The Labute approximate surface area is 65.6 Å². The van der Waals surface area contributed by atoms with Crippen molar-refractivity contribution in [2.45, 2.75) is 19.6 Å². The molecule has 4 heteroatoms. The smallest absolute Gasteiger partial charge is 0.307 e. The minimum absolute atomic E-state index is 0.181. The van der Waals surface area contributed by atoms with Crippen LogP contribution in [0.3, 0.4) is 0 Å². The molecule has 11 heavy (non-hydrogen) atoms. The average molecular weight is 156 g/mol. The molecule has 2 N–H and O–H groups in total. The zero-order valence-corrected chi connectivity index (χ0v) is 6.46. The third-order valence-corrected chi connectivity index (χ3v) is 1.35. The van der Waals surface area contributed by atoms with Gasteiger partial charge in [-0.05, 0) is 0 Å². The highest BCUT2D eigenvalue weighted by atomic mass is 16.6. The molecule has 0 aromatic rings. The highest BCUT2D eigenvalue weighted by Crippen LogP contribution is 1.93. The molecule has 0 bridgehead atoms. The molecule has 1 heterocycles. The molecule has 1 aliphatic heterocycles. The van der Waals surface area contributed by atoms with E-state index in [1.54, 1.807) is 19.3 Å². The van der Waals surface area contributed by atoms with Gasteiger partial charge in [0, 0.05) is 18.8 Å². The van der Waals surface area contributed by atoms with Crippen LogP contribution >= 0.6 is 0 Å². The Balaban J connectivity index is 2.26. The second-order valence-corrected chi connectivity index (χ2v) is 2.24. The quantitative estimate of drug-likeness (QED) is 0.549. The second kappa shape index (κ2) is 3.85. The van der Waals surface area contributed by atoms with Crippen LogP contribution in [0.5, 0.6) is 0 Å². The number of carbonyl (C=O) groups excluding carboxylic acids is 1. The van der Waals surface area contributed by atoms with Crippen LogP contribution in [-0.2, 0) is 9.53 Å². The maximum Gasteiger partial charge on any atom is 0.307 e. The van der Waals surface area contributed by atoms with Crippen LogP contribution in [0.4, 0.5) is 0 Å². The first-order valence-electron chi connectivity index (χ1n) is 3.67. The first-order valence-corrected chi connectivity index (χ1v) is 3.67. The van der Waals surface area contributed by atoms with Gasteiger partial charge in [-0.25, -0.2) is 0 Å². The van der Waals surface area contributed by atoms with Crippen molar-refractivity contribution >= 4 is 5.97 Å². The lowest BCUT2D eigenvalue weighted by molar-refractivity contribution is -0.149. The Bertz CT molecular complexity index is 168. The summed E-state index contributed by atoms with van der Waals surface area (Å²) in [5, 5.41) is 5.84. The molecule has 0 radical (unpaired) electrons. The zero-order valence-electron chi connectivity index (χ0n) is 6.46. The summed E-state index contributed by atoms with van der Waals surface area (Å²) in [6.45, 7) is 2.40. The average Bonchev–Trinajstić information content (AvgIpc) is 2.06. The van der Waals surface area contributed by atoms with Gasteiger partial charge in [0.2, 0.25) is 0 Å². The molecule has 1 atom stereocenters. The van der Waals surface area contributed by atoms with Crippen molar-refractivity contribution in [2.75, 3.05) is 6.54 Å². The van der Waals surface area contributed by atoms with Crippen molar-refractivity contribution in [3.63, 3.8) is 0 Å². The number of esters is 1. The van der Waals surface area contributed by atoms with E-state index < -0.39 is 0 Å². The third-order valence-electron chi connectivity index (χ3n) is 1.35. The SMILES string of the molecule is CCC(=O)OC1CNC=CN1. The molecule has 62 valence electrons. The Morgan fingerprint density at radius 3 is 3.09 bits per heavy atom. The number of nitrogens with one attached hydrogen (secondary N) is 2. The summed E-state index contributed by atoms with van der Waals surface area (Å²) in [4.78, 5) is 10.8. The van der Waals surface area contributed by atoms with Crippen LogP contribution in [0.15, 0.2) is 12.4 Å². The van der Waals surface area contributed by atoms with Crippen LogP contribution in [0.25, 0.3) is 0 Å². The zero-order chi connectivity index (χ0) is 8.10. The summed E-state index contributed by atoms with van der Waals surface area (Å²) in [5.74, 6) is -0.181. The van der Waals surface area contributed by atoms with Crippen LogP contribution in [0.2, 0.25) is 0 Å². The van der Waals surface area contributed by atoms with E-state index in [4.69, 9.17) is 4.74 Å². The highest BCUT2D eigenvalue weighted by Gasteiger charge is 2.11. The van der Waals surface area contributed by atoms with Gasteiger partial charge in [-0.3, -0.25) is 4.79 Å².